The van der Waals surface area contributed by atoms with Gasteiger partial charge in [0.2, 0.25) is 0 Å². The molecule has 0 bridgehead atoms. The maximum Gasteiger partial charge on any atom is 0.335 e. The summed E-state index contributed by atoms with van der Waals surface area (Å²) in [5, 5.41) is 10.2. The Bertz CT molecular complexity index is 1240. The SMILES string of the molecule is Cc1sc2ncn(Cc3ccc(C(=O)O)cc3)c(=O)c2c1-c1ccc(Cl)cc1. The summed E-state index contributed by atoms with van der Waals surface area (Å²) in [4.78, 5) is 30.4. The quantitative estimate of drug-likeness (QED) is 0.522. The summed E-state index contributed by atoms with van der Waals surface area (Å²) >= 11 is 7.49. The molecule has 0 unspecified atom stereocenters. The molecule has 2 aromatic carbocycles. The number of hydrogen-bond acceptors (Lipinski definition) is 4. The summed E-state index contributed by atoms with van der Waals surface area (Å²) in [5.41, 5.74) is 2.72. The highest BCUT2D eigenvalue weighted by Gasteiger charge is 2.17. The zero-order valence-corrected chi connectivity index (χ0v) is 16.4. The standard InChI is InChI=1S/C21H15ClN2O3S/c1-12-17(14-6-8-16(22)9-7-14)18-19(28-12)23-11-24(20(18)25)10-13-2-4-15(5-3-13)21(26)27/h2-9,11H,10H2,1H3,(H,26,27). The highest BCUT2D eigenvalue weighted by atomic mass is 35.5. The second kappa shape index (κ2) is 7.22. The predicted molar refractivity (Wildman–Crippen MR) is 112 cm³/mol. The van der Waals surface area contributed by atoms with Crippen LogP contribution in [0, 0.1) is 6.92 Å². The number of aromatic nitrogens is 2. The number of carboxylic acids is 1. The summed E-state index contributed by atoms with van der Waals surface area (Å²) in [6.07, 6.45) is 1.54. The van der Waals surface area contributed by atoms with Crippen molar-refractivity contribution in [2.24, 2.45) is 0 Å². The van der Waals surface area contributed by atoms with Crippen LogP contribution in [0.5, 0.6) is 0 Å². The minimum Gasteiger partial charge on any atom is -0.478 e. The molecule has 2 aromatic heterocycles. The zero-order chi connectivity index (χ0) is 19.8. The molecular formula is C21H15ClN2O3S. The van der Waals surface area contributed by atoms with E-state index in [0.717, 1.165) is 21.6 Å². The Morgan fingerprint density at radius 3 is 2.46 bits per heavy atom. The van der Waals surface area contributed by atoms with Gasteiger partial charge in [-0.15, -0.1) is 11.3 Å². The van der Waals surface area contributed by atoms with Gasteiger partial charge in [0, 0.05) is 15.5 Å². The number of hydrogen-bond donors (Lipinski definition) is 1. The van der Waals surface area contributed by atoms with Crippen LogP contribution >= 0.6 is 22.9 Å². The van der Waals surface area contributed by atoms with Crippen molar-refractivity contribution in [1.29, 1.82) is 0 Å². The number of benzene rings is 2. The van der Waals surface area contributed by atoms with Crippen LogP contribution in [0.2, 0.25) is 5.02 Å². The molecule has 1 N–H and O–H groups in total. The second-order valence-corrected chi connectivity index (χ2v) is 8.04. The molecule has 28 heavy (non-hydrogen) atoms. The second-order valence-electron chi connectivity index (χ2n) is 6.40. The highest BCUT2D eigenvalue weighted by Crippen LogP contribution is 2.35. The average molecular weight is 411 g/mol. The third-order valence-electron chi connectivity index (χ3n) is 4.54. The van der Waals surface area contributed by atoms with Crippen molar-refractivity contribution < 1.29 is 9.90 Å². The Morgan fingerprint density at radius 2 is 1.82 bits per heavy atom. The molecule has 4 rings (SSSR count). The smallest absolute Gasteiger partial charge is 0.335 e. The summed E-state index contributed by atoms with van der Waals surface area (Å²) < 4.78 is 1.55. The van der Waals surface area contributed by atoms with Crippen LogP contribution in [0.25, 0.3) is 21.3 Å². The van der Waals surface area contributed by atoms with Crippen molar-refractivity contribution in [3.05, 3.63) is 86.2 Å². The highest BCUT2D eigenvalue weighted by molar-refractivity contribution is 7.19. The minimum atomic E-state index is -0.979. The van der Waals surface area contributed by atoms with E-state index < -0.39 is 5.97 Å². The van der Waals surface area contributed by atoms with E-state index >= 15 is 0 Å². The van der Waals surface area contributed by atoms with Gasteiger partial charge >= 0.3 is 5.97 Å². The summed E-state index contributed by atoms with van der Waals surface area (Å²) in [5.74, 6) is -0.979. The van der Waals surface area contributed by atoms with Crippen LogP contribution in [0.15, 0.2) is 59.7 Å². The third kappa shape index (κ3) is 3.32. The molecule has 5 nitrogen and oxygen atoms in total. The lowest BCUT2D eigenvalue weighted by Crippen LogP contribution is -2.21. The maximum atomic E-state index is 13.2. The van der Waals surface area contributed by atoms with Crippen LogP contribution in [0.1, 0.15) is 20.8 Å². The number of carboxylic acid groups (broad SMARTS) is 1. The Balaban J connectivity index is 1.80. The predicted octanol–water partition coefficient (Wildman–Crippen LogP) is 4.83. The van der Waals surface area contributed by atoms with Crippen molar-refractivity contribution in [2.75, 3.05) is 0 Å². The lowest BCUT2D eigenvalue weighted by Gasteiger charge is -2.07. The van der Waals surface area contributed by atoms with Crippen molar-refractivity contribution >= 4 is 39.1 Å². The van der Waals surface area contributed by atoms with Crippen molar-refractivity contribution in [2.45, 2.75) is 13.5 Å². The lowest BCUT2D eigenvalue weighted by atomic mass is 10.0. The normalized spacial score (nSPS) is 11.1. The number of rotatable bonds is 4. The van der Waals surface area contributed by atoms with Gasteiger partial charge < -0.3 is 5.11 Å². The molecule has 0 aliphatic carbocycles. The number of aryl methyl sites for hydroxylation is 1. The van der Waals surface area contributed by atoms with Gasteiger partial charge in [-0.05, 0) is 42.3 Å². The first kappa shape index (κ1) is 18.4. The molecular weight excluding hydrogens is 396 g/mol. The van der Waals surface area contributed by atoms with E-state index in [1.54, 1.807) is 28.8 Å². The van der Waals surface area contributed by atoms with Crippen LogP contribution in [0.4, 0.5) is 0 Å². The number of aromatic carboxylic acids is 1. The van der Waals surface area contributed by atoms with Crippen molar-refractivity contribution in [3.63, 3.8) is 0 Å². The molecule has 0 spiro atoms. The topological polar surface area (TPSA) is 72.2 Å². The van der Waals surface area contributed by atoms with E-state index in [1.165, 1.54) is 29.8 Å². The van der Waals surface area contributed by atoms with Gasteiger partial charge in [-0.1, -0.05) is 35.9 Å². The first-order valence-electron chi connectivity index (χ1n) is 8.51. The number of nitrogens with zero attached hydrogens (tertiary/aromatic N) is 2. The third-order valence-corrected chi connectivity index (χ3v) is 5.81. The van der Waals surface area contributed by atoms with Crippen molar-refractivity contribution in [3.8, 4) is 11.1 Å². The molecule has 0 saturated carbocycles. The molecule has 140 valence electrons. The van der Waals surface area contributed by atoms with E-state index in [1.807, 2.05) is 19.1 Å². The first-order valence-corrected chi connectivity index (χ1v) is 9.70. The molecule has 0 fully saturated rings. The Hall–Kier alpha value is -2.96. The first-order chi connectivity index (χ1) is 13.4. The summed E-state index contributed by atoms with van der Waals surface area (Å²) in [6.45, 7) is 2.29. The van der Waals surface area contributed by atoms with Gasteiger partial charge in [-0.25, -0.2) is 9.78 Å². The Labute approximate surface area is 169 Å². The molecule has 0 radical (unpaired) electrons. The summed E-state index contributed by atoms with van der Waals surface area (Å²) in [6, 6.07) is 13.9. The maximum absolute atomic E-state index is 13.2. The fourth-order valence-electron chi connectivity index (χ4n) is 3.16. The number of halogens is 1. The van der Waals surface area contributed by atoms with E-state index in [-0.39, 0.29) is 11.1 Å². The number of carbonyl (C=O) groups is 1. The van der Waals surface area contributed by atoms with Crippen molar-refractivity contribution in [1.82, 2.24) is 9.55 Å². The Kier molecular flexibility index (Phi) is 4.75. The molecule has 4 aromatic rings. The van der Waals surface area contributed by atoms with Gasteiger partial charge in [-0.3, -0.25) is 9.36 Å². The number of thiophene rings is 1. The van der Waals surface area contributed by atoms with Gasteiger partial charge in [0.05, 0.1) is 23.8 Å². The average Bonchev–Trinajstić information content (AvgIpc) is 3.02. The minimum absolute atomic E-state index is 0.124. The van der Waals surface area contributed by atoms with Gasteiger partial charge in [-0.2, -0.15) is 0 Å². The summed E-state index contributed by atoms with van der Waals surface area (Å²) in [7, 11) is 0. The van der Waals surface area contributed by atoms with Crippen LogP contribution in [-0.4, -0.2) is 20.6 Å². The van der Waals surface area contributed by atoms with E-state index in [0.29, 0.717) is 21.8 Å². The largest absolute Gasteiger partial charge is 0.478 e. The van der Waals surface area contributed by atoms with E-state index in [2.05, 4.69) is 4.98 Å². The monoisotopic (exact) mass is 410 g/mol. The molecule has 7 heteroatoms. The molecule has 0 amide bonds. The molecule has 0 aliphatic rings. The van der Waals surface area contributed by atoms with Gasteiger partial charge in [0.25, 0.3) is 5.56 Å². The lowest BCUT2D eigenvalue weighted by molar-refractivity contribution is 0.0697. The fraction of sp³-hybridized carbons (Fsp3) is 0.0952. The molecule has 0 atom stereocenters. The Morgan fingerprint density at radius 1 is 1.14 bits per heavy atom. The fourth-order valence-corrected chi connectivity index (χ4v) is 4.29. The van der Waals surface area contributed by atoms with E-state index in [4.69, 9.17) is 16.7 Å². The number of fused-ring (bicyclic) bond motifs is 1. The van der Waals surface area contributed by atoms with Crippen LogP contribution in [0.3, 0.4) is 0 Å². The zero-order valence-electron chi connectivity index (χ0n) is 14.8. The van der Waals surface area contributed by atoms with Crippen LogP contribution < -0.4 is 5.56 Å². The molecule has 2 heterocycles. The molecule has 0 aliphatic heterocycles. The van der Waals surface area contributed by atoms with E-state index in [9.17, 15) is 9.59 Å². The molecule has 0 saturated heterocycles. The van der Waals surface area contributed by atoms with Crippen LogP contribution in [-0.2, 0) is 6.54 Å². The van der Waals surface area contributed by atoms with Gasteiger partial charge in [0.1, 0.15) is 4.83 Å². The van der Waals surface area contributed by atoms with Gasteiger partial charge in [0.15, 0.2) is 0 Å².